The van der Waals surface area contributed by atoms with Crippen LogP contribution in [-0.2, 0) is 9.59 Å². The van der Waals surface area contributed by atoms with Crippen LogP contribution < -0.4 is 0 Å². The molecule has 4 heteroatoms. The predicted molar refractivity (Wildman–Crippen MR) is 116 cm³/mol. The van der Waals surface area contributed by atoms with Crippen LogP contribution in [0.4, 0.5) is 0 Å². The molecule has 1 aliphatic heterocycles. The second-order valence-corrected chi connectivity index (χ2v) is 9.12. The fourth-order valence-corrected chi connectivity index (χ4v) is 6.36. The van der Waals surface area contributed by atoms with Gasteiger partial charge in [0, 0.05) is 5.56 Å². The van der Waals surface area contributed by atoms with E-state index < -0.39 is 0 Å². The summed E-state index contributed by atoms with van der Waals surface area (Å²) in [6.45, 7) is 0. The lowest BCUT2D eigenvalue weighted by atomic mass is 9.63. The van der Waals surface area contributed by atoms with E-state index in [1.54, 1.807) is 6.21 Å². The standard InChI is InChI=1S/C26H20N2O2/c29-25-23-18-9-10-19(21-12-20(18)21)24(23)26(30)28(25)27-13-22-16-7-3-1-5-14(16)11-15-6-2-4-8-17(15)22/h1-11,13,18-21,23-24H,12H2/t18-,19-,20-,21-,23-,24+/m0/s1. The van der Waals surface area contributed by atoms with E-state index in [-0.39, 0.29) is 35.5 Å². The zero-order valence-electron chi connectivity index (χ0n) is 16.3. The number of benzene rings is 3. The SMILES string of the molecule is O=C1[C@@H]2[C@H]3C=C[C@@H]([C@@H]4C[C@@H]34)[C@@H]2C(=O)N1N=Cc1c2ccccc2cc2ccccc12. The lowest BCUT2D eigenvalue weighted by Crippen LogP contribution is -2.40. The van der Waals surface area contributed by atoms with Crippen LogP contribution in [0.2, 0.25) is 0 Å². The molecule has 146 valence electrons. The van der Waals surface area contributed by atoms with Gasteiger partial charge in [0.15, 0.2) is 0 Å². The topological polar surface area (TPSA) is 49.7 Å². The zero-order chi connectivity index (χ0) is 20.0. The molecule has 4 aliphatic carbocycles. The summed E-state index contributed by atoms with van der Waals surface area (Å²) in [6, 6.07) is 18.5. The third-order valence-electron chi connectivity index (χ3n) is 7.75. The number of carbonyl (C=O) groups is 2. The molecule has 1 saturated heterocycles. The number of hydrogen-bond donors (Lipinski definition) is 0. The monoisotopic (exact) mass is 392 g/mol. The fourth-order valence-electron chi connectivity index (χ4n) is 6.36. The molecule has 2 bridgehead atoms. The van der Waals surface area contributed by atoms with Gasteiger partial charge in [-0.2, -0.15) is 10.1 Å². The van der Waals surface area contributed by atoms with Crippen molar-refractivity contribution < 1.29 is 9.59 Å². The van der Waals surface area contributed by atoms with Crippen molar-refractivity contribution in [1.29, 1.82) is 0 Å². The number of imide groups is 1. The summed E-state index contributed by atoms with van der Waals surface area (Å²) in [7, 11) is 0. The minimum absolute atomic E-state index is 0.115. The molecule has 8 rings (SSSR count). The molecule has 30 heavy (non-hydrogen) atoms. The predicted octanol–water partition coefficient (Wildman–Crippen LogP) is 4.38. The highest BCUT2D eigenvalue weighted by atomic mass is 16.2. The molecule has 2 saturated carbocycles. The van der Waals surface area contributed by atoms with Crippen LogP contribution in [0.5, 0.6) is 0 Å². The maximum atomic E-state index is 13.2. The van der Waals surface area contributed by atoms with Crippen molar-refractivity contribution in [3.8, 4) is 0 Å². The fraction of sp³-hybridized carbons (Fsp3) is 0.269. The lowest BCUT2D eigenvalue weighted by Gasteiger charge is -2.37. The van der Waals surface area contributed by atoms with E-state index in [1.165, 1.54) is 11.4 Å². The highest BCUT2D eigenvalue weighted by molar-refractivity contribution is 6.14. The van der Waals surface area contributed by atoms with Gasteiger partial charge in [0.1, 0.15) is 0 Å². The Labute approximate surface area is 173 Å². The molecule has 3 aromatic carbocycles. The number of rotatable bonds is 2. The van der Waals surface area contributed by atoms with Crippen LogP contribution in [0.15, 0.2) is 71.9 Å². The van der Waals surface area contributed by atoms with Crippen LogP contribution >= 0.6 is 0 Å². The minimum Gasteiger partial charge on any atom is -0.272 e. The molecule has 5 aliphatic rings. The maximum absolute atomic E-state index is 13.2. The van der Waals surface area contributed by atoms with Gasteiger partial charge < -0.3 is 0 Å². The summed E-state index contributed by atoms with van der Waals surface area (Å²) < 4.78 is 0. The first kappa shape index (κ1) is 16.5. The van der Waals surface area contributed by atoms with Crippen molar-refractivity contribution in [2.75, 3.05) is 0 Å². The van der Waals surface area contributed by atoms with Crippen molar-refractivity contribution in [2.24, 2.45) is 40.6 Å². The van der Waals surface area contributed by atoms with Gasteiger partial charge >= 0.3 is 0 Å². The second kappa shape index (κ2) is 5.66. The first-order chi connectivity index (χ1) is 14.7. The molecule has 0 radical (unpaired) electrons. The molecule has 2 amide bonds. The van der Waals surface area contributed by atoms with Gasteiger partial charge in [-0.3, -0.25) is 9.59 Å². The molecule has 3 fully saturated rings. The summed E-state index contributed by atoms with van der Waals surface area (Å²) in [5.74, 6) is 0.995. The Morgan fingerprint density at radius 1 is 0.800 bits per heavy atom. The van der Waals surface area contributed by atoms with Gasteiger partial charge in [0.05, 0.1) is 18.1 Å². The average molecular weight is 392 g/mol. The van der Waals surface area contributed by atoms with Gasteiger partial charge in [-0.05, 0) is 57.7 Å². The van der Waals surface area contributed by atoms with E-state index in [2.05, 4.69) is 47.6 Å². The number of nitrogens with zero attached hydrogens (tertiary/aromatic N) is 2. The van der Waals surface area contributed by atoms with Crippen LogP contribution in [0.3, 0.4) is 0 Å². The average Bonchev–Trinajstić information content (AvgIpc) is 3.56. The number of carbonyl (C=O) groups excluding carboxylic acids is 2. The van der Waals surface area contributed by atoms with Crippen molar-refractivity contribution in [2.45, 2.75) is 6.42 Å². The Balaban J connectivity index is 1.33. The summed E-state index contributed by atoms with van der Waals surface area (Å²) in [5, 5.41) is 10.0. The second-order valence-electron chi connectivity index (χ2n) is 9.12. The van der Waals surface area contributed by atoms with Crippen molar-refractivity contribution >= 4 is 39.6 Å². The molecule has 6 atom stereocenters. The Kier molecular flexibility index (Phi) is 3.12. The highest BCUT2D eigenvalue weighted by Crippen LogP contribution is 2.65. The largest absolute Gasteiger partial charge is 0.272 e. The van der Waals surface area contributed by atoms with Gasteiger partial charge in [-0.25, -0.2) is 0 Å². The molecule has 4 nitrogen and oxygen atoms in total. The number of hydrazone groups is 1. The summed E-state index contributed by atoms with van der Waals surface area (Å²) in [4.78, 5) is 26.4. The molecule has 0 spiro atoms. The Morgan fingerprint density at radius 2 is 1.33 bits per heavy atom. The van der Waals surface area contributed by atoms with E-state index in [4.69, 9.17) is 0 Å². The summed E-state index contributed by atoms with van der Waals surface area (Å²) in [5.41, 5.74) is 0.947. The third kappa shape index (κ3) is 2.03. The third-order valence-corrected chi connectivity index (χ3v) is 7.75. The van der Waals surface area contributed by atoms with E-state index in [9.17, 15) is 9.59 Å². The van der Waals surface area contributed by atoms with Crippen LogP contribution in [0.1, 0.15) is 12.0 Å². The smallest absolute Gasteiger partial charge is 0.254 e. The first-order valence-corrected chi connectivity index (χ1v) is 10.7. The minimum atomic E-state index is -0.210. The van der Waals surface area contributed by atoms with Gasteiger partial charge in [0.2, 0.25) is 0 Å². The normalized spacial score (nSPS) is 33.7. The first-order valence-electron chi connectivity index (χ1n) is 10.7. The van der Waals surface area contributed by atoms with Gasteiger partial charge in [-0.1, -0.05) is 60.7 Å². The molecule has 0 N–H and O–H groups in total. The Morgan fingerprint density at radius 3 is 1.90 bits per heavy atom. The Bertz CT molecular complexity index is 1230. The molecular weight excluding hydrogens is 372 g/mol. The molecule has 3 aromatic rings. The van der Waals surface area contributed by atoms with Gasteiger partial charge in [-0.15, -0.1) is 0 Å². The number of amides is 2. The quantitative estimate of drug-likeness (QED) is 0.281. The maximum Gasteiger partial charge on any atom is 0.254 e. The molecule has 0 aromatic heterocycles. The molecule has 0 unspecified atom stereocenters. The Hall–Kier alpha value is -3.27. The number of hydrogen-bond acceptors (Lipinski definition) is 3. The van der Waals surface area contributed by atoms with Crippen molar-refractivity contribution in [1.82, 2.24) is 5.01 Å². The number of fused-ring (bicyclic) bond motifs is 2. The van der Waals surface area contributed by atoms with E-state index >= 15 is 0 Å². The van der Waals surface area contributed by atoms with E-state index in [0.717, 1.165) is 27.1 Å². The van der Waals surface area contributed by atoms with Crippen molar-refractivity contribution in [3.05, 3.63) is 72.3 Å². The lowest BCUT2D eigenvalue weighted by molar-refractivity contribution is -0.140. The van der Waals surface area contributed by atoms with Crippen LogP contribution in [0, 0.1) is 35.5 Å². The van der Waals surface area contributed by atoms with Crippen molar-refractivity contribution in [3.63, 3.8) is 0 Å². The van der Waals surface area contributed by atoms with Gasteiger partial charge in [0.25, 0.3) is 11.8 Å². The van der Waals surface area contributed by atoms with Crippen LogP contribution in [-0.4, -0.2) is 23.0 Å². The summed E-state index contributed by atoms with van der Waals surface area (Å²) >= 11 is 0. The zero-order valence-corrected chi connectivity index (χ0v) is 16.3. The van der Waals surface area contributed by atoms with E-state index in [1.807, 2.05) is 24.3 Å². The summed E-state index contributed by atoms with van der Waals surface area (Å²) in [6.07, 6.45) is 7.27. The molecular formula is C26H20N2O2. The van der Waals surface area contributed by atoms with Crippen LogP contribution in [0.25, 0.3) is 21.5 Å². The molecule has 1 heterocycles. The highest BCUT2D eigenvalue weighted by Gasteiger charge is 2.67. The van der Waals surface area contributed by atoms with E-state index in [0.29, 0.717) is 11.8 Å². The number of allylic oxidation sites excluding steroid dienone is 2.